The van der Waals surface area contributed by atoms with Crippen LogP contribution in [0, 0.1) is 18.8 Å². The Kier molecular flexibility index (Phi) is 4.31. The van der Waals surface area contributed by atoms with Crippen molar-refractivity contribution in [2.75, 3.05) is 11.3 Å². The highest BCUT2D eigenvalue weighted by atomic mass is 32.2. The number of nitrogens with one attached hydrogen (secondary N) is 1. The summed E-state index contributed by atoms with van der Waals surface area (Å²) in [7, 11) is -2.11. The Morgan fingerprint density at radius 2 is 2.14 bits per heavy atom. The lowest BCUT2D eigenvalue weighted by molar-refractivity contribution is 0.582. The summed E-state index contributed by atoms with van der Waals surface area (Å²) in [5.41, 5.74) is 7.33. The van der Waals surface area contributed by atoms with Crippen molar-refractivity contribution in [1.82, 2.24) is 9.78 Å². The number of aryl methyl sites for hydroxylation is 2. The number of hydrogen-bond acceptors (Lipinski definition) is 4. The second kappa shape index (κ2) is 5.99. The first-order chi connectivity index (χ1) is 9.94. The SMILES string of the molecule is Cc1ccc(C#CCN)cc1NS(=O)(=O)c1ccnn1C. The van der Waals surface area contributed by atoms with E-state index in [0.717, 1.165) is 5.56 Å². The molecule has 3 N–H and O–H groups in total. The molecular formula is C14H16N4O2S. The molecule has 0 unspecified atom stereocenters. The molecule has 0 radical (unpaired) electrons. The molecule has 1 aromatic heterocycles. The van der Waals surface area contributed by atoms with Crippen molar-refractivity contribution in [3.8, 4) is 11.8 Å². The van der Waals surface area contributed by atoms with E-state index < -0.39 is 10.0 Å². The Labute approximate surface area is 124 Å². The maximum atomic E-state index is 12.3. The van der Waals surface area contributed by atoms with Gasteiger partial charge in [-0.15, -0.1) is 0 Å². The van der Waals surface area contributed by atoms with Gasteiger partial charge in [-0.2, -0.15) is 13.5 Å². The Morgan fingerprint density at radius 3 is 2.76 bits per heavy atom. The highest BCUT2D eigenvalue weighted by molar-refractivity contribution is 7.92. The molecule has 0 fully saturated rings. The first-order valence-electron chi connectivity index (χ1n) is 6.24. The van der Waals surface area contributed by atoms with Crippen LogP contribution in [0.2, 0.25) is 0 Å². The predicted molar refractivity (Wildman–Crippen MR) is 81.1 cm³/mol. The molecule has 2 rings (SSSR count). The Bertz CT molecular complexity index is 813. The molecule has 2 aromatic rings. The van der Waals surface area contributed by atoms with Crippen molar-refractivity contribution in [2.45, 2.75) is 11.9 Å². The van der Waals surface area contributed by atoms with Gasteiger partial charge in [-0.25, -0.2) is 0 Å². The van der Waals surface area contributed by atoms with E-state index in [9.17, 15) is 8.42 Å². The molecule has 1 heterocycles. The fraction of sp³-hybridized carbons (Fsp3) is 0.214. The van der Waals surface area contributed by atoms with Crippen LogP contribution in [0.5, 0.6) is 0 Å². The van der Waals surface area contributed by atoms with Crippen molar-refractivity contribution < 1.29 is 8.42 Å². The van der Waals surface area contributed by atoms with Crippen LogP contribution >= 0.6 is 0 Å². The monoisotopic (exact) mass is 304 g/mol. The van der Waals surface area contributed by atoms with E-state index in [0.29, 0.717) is 11.3 Å². The summed E-state index contributed by atoms with van der Waals surface area (Å²) in [6, 6.07) is 6.75. The van der Waals surface area contributed by atoms with E-state index in [1.807, 2.05) is 19.1 Å². The average molecular weight is 304 g/mol. The number of rotatable bonds is 3. The predicted octanol–water partition coefficient (Wildman–Crippen LogP) is 0.840. The van der Waals surface area contributed by atoms with E-state index in [4.69, 9.17) is 5.73 Å². The van der Waals surface area contributed by atoms with Crippen LogP contribution in [0.4, 0.5) is 5.69 Å². The maximum absolute atomic E-state index is 12.3. The van der Waals surface area contributed by atoms with Gasteiger partial charge in [0.1, 0.15) is 0 Å². The second-order valence-electron chi connectivity index (χ2n) is 4.43. The van der Waals surface area contributed by atoms with Crippen LogP contribution in [-0.2, 0) is 17.1 Å². The third-order valence-corrected chi connectivity index (χ3v) is 4.31. The zero-order valence-electron chi connectivity index (χ0n) is 11.8. The first kappa shape index (κ1) is 15.1. The van der Waals surface area contributed by atoms with Gasteiger partial charge < -0.3 is 5.73 Å². The van der Waals surface area contributed by atoms with Crippen LogP contribution in [0.3, 0.4) is 0 Å². The first-order valence-corrected chi connectivity index (χ1v) is 7.73. The summed E-state index contributed by atoms with van der Waals surface area (Å²) in [6.07, 6.45) is 1.44. The molecule has 0 aliphatic heterocycles. The van der Waals surface area contributed by atoms with Crippen molar-refractivity contribution in [3.63, 3.8) is 0 Å². The Balaban J connectivity index is 2.37. The zero-order chi connectivity index (χ0) is 15.5. The van der Waals surface area contributed by atoms with Crippen molar-refractivity contribution in [1.29, 1.82) is 0 Å². The normalized spacial score (nSPS) is 10.8. The lowest BCUT2D eigenvalue weighted by Crippen LogP contribution is -2.17. The number of hydrogen-bond donors (Lipinski definition) is 2. The Hall–Kier alpha value is -2.30. The molecule has 1 aromatic carbocycles. The van der Waals surface area contributed by atoms with E-state index in [1.165, 1.54) is 16.9 Å². The molecule has 21 heavy (non-hydrogen) atoms. The smallest absolute Gasteiger partial charge is 0.279 e. The molecule has 7 heteroatoms. The summed E-state index contributed by atoms with van der Waals surface area (Å²) in [5, 5.41) is 3.96. The molecule has 0 saturated heterocycles. The fourth-order valence-electron chi connectivity index (χ4n) is 1.79. The summed E-state index contributed by atoms with van der Waals surface area (Å²) in [4.78, 5) is 0. The molecule has 0 aliphatic rings. The number of aromatic nitrogens is 2. The van der Waals surface area contributed by atoms with Crippen LogP contribution in [0.25, 0.3) is 0 Å². The van der Waals surface area contributed by atoms with Crippen molar-refractivity contribution in [2.24, 2.45) is 12.8 Å². The number of anilines is 1. The molecule has 0 bridgehead atoms. The van der Waals surface area contributed by atoms with E-state index in [-0.39, 0.29) is 11.6 Å². The zero-order valence-corrected chi connectivity index (χ0v) is 12.6. The minimum absolute atomic E-state index is 0.0975. The number of nitrogens with zero attached hydrogens (tertiary/aromatic N) is 2. The van der Waals surface area contributed by atoms with Gasteiger partial charge in [-0.1, -0.05) is 17.9 Å². The summed E-state index contributed by atoms with van der Waals surface area (Å²) in [6.45, 7) is 2.07. The van der Waals surface area contributed by atoms with Crippen LogP contribution in [-0.4, -0.2) is 24.7 Å². The van der Waals surface area contributed by atoms with Crippen LogP contribution < -0.4 is 10.5 Å². The molecule has 0 amide bonds. The minimum Gasteiger partial charge on any atom is -0.320 e. The number of sulfonamides is 1. The van der Waals surface area contributed by atoms with Gasteiger partial charge in [-0.3, -0.25) is 9.40 Å². The number of benzene rings is 1. The Morgan fingerprint density at radius 1 is 1.38 bits per heavy atom. The molecule has 0 atom stereocenters. The van der Waals surface area contributed by atoms with Gasteiger partial charge in [0.05, 0.1) is 18.4 Å². The second-order valence-corrected chi connectivity index (χ2v) is 6.06. The molecule has 110 valence electrons. The van der Waals surface area contributed by atoms with Gasteiger partial charge in [-0.05, 0) is 30.7 Å². The number of nitrogens with two attached hydrogens (primary N) is 1. The fourth-order valence-corrected chi connectivity index (χ4v) is 3.03. The molecular weight excluding hydrogens is 288 g/mol. The molecule has 6 nitrogen and oxygen atoms in total. The maximum Gasteiger partial charge on any atom is 0.279 e. The van der Waals surface area contributed by atoms with Gasteiger partial charge in [0, 0.05) is 12.6 Å². The van der Waals surface area contributed by atoms with E-state index >= 15 is 0 Å². The third-order valence-electron chi connectivity index (χ3n) is 2.87. The average Bonchev–Trinajstić information content (AvgIpc) is 2.86. The standard InChI is InChI=1S/C14H16N4O2S/c1-11-5-6-12(4-3-8-15)10-13(11)17-21(19,20)14-7-9-16-18(14)2/h5-7,9-10,17H,8,15H2,1-2H3. The topological polar surface area (TPSA) is 90.0 Å². The lowest BCUT2D eigenvalue weighted by atomic mass is 10.1. The molecule has 0 saturated carbocycles. The summed E-state index contributed by atoms with van der Waals surface area (Å²) >= 11 is 0. The lowest BCUT2D eigenvalue weighted by Gasteiger charge is -2.11. The van der Waals surface area contributed by atoms with Gasteiger partial charge >= 0.3 is 0 Å². The quantitative estimate of drug-likeness (QED) is 0.822. The minimum atomic E-state index is -3.68. The van der Waals surface area contributed by atoms with E-state index in [2.05, 4.69) is 21.7 Å². The van der Waals surface area contributed by atoms with E-state index in [1.54, 1.807) is 13.1 Å². The highest BCUT2D eigenvalue weighted by Crippen LogP contribution is 2.20. The van der Waals surface area contributed by atoms with Crippen LogP contribution in [0.1, 0.15) is 11.1 Å². The van der Waals surface area contributed by atoms with Gasteiger partial charge in [0.15, 0.2) is 5.03 Å². The highest BCUT2D eigenvalue weighted by Gasteiger charge is 2.18. The third kappa shape index (κ3) is 3.42. The van der Waals surface area contributed by atoms with Gasteiger partial charge in [0.25, 0.3) is 10.0 Å². The summed E-state index contributed by atoms with van der Waals surface area (Å²) < 4.78 is 28.5. The van der Waals surface area contributed by atoms with Crippen molar-refractivity contribution >= 4 is 15.7 Å². The van der Waals surface area contributed by atoms with Gasteiger partial charge in [0.2, 0.25) is 0 Å². The molecule has 0 spiro atoms. The van der Waals surface area contributed by atoms with Crippen molar-refractivity contribution in [3.05, 3.63) is 41.6 Å². The largest absolute Gasteiger partial charge is 0.320 e. The van der Waals surface area contributed by atoms with Crippen LogP contribution in [0.15, 0.2) is 35.5 Å². The molecule has 0 aliphatic carbocycles. The summed E-state index contributed by atoms with van der Waals surface area (Å²) in [5.74, 6) is 5.61.